The van der Waals surface area contributed by atoms with E-state index in [0.717, 1.165) is 48.1 Å². The number of urea groups is 1. The molecule has 0 saturated carbocycles. The fourth-order valence-electron chi connectivity index (χ4n) is 5.74. The number of benzene rings is 1. The van der Waals surface area contributed by atoms with E-state index in [0.29, 0.717) is 31.6 Å². The number of carbonyl (C=O) groups is 2. The number of hydrogen-bond donors (Lipinski definition) is 3. The zero-order valence-electron chi connectivity index (χ0n) is 29.1. The predicted molar refractivity (Wildman–Crippen MR) is 187 cm³/mol. The molecule has 3 N–H and O–H groups in total. The Morgan fingerprint density at radius 1 is 0.979 bits per heavy atom. The van der Waals surface area contributed by atoms with E-state index in [2.05, 4.69) is 66.7 Å². The minimum absolute atomic E-state index is 0.0220. The number of nitrogens with zero attached hydrogens (tertiary/aromatic N) is 7. The first-order chi connectivity index (χ1) is 23.0. The molecule has 0 fully saturated rings. The monoisotopic (exact) mass is 656 g/mol. The van der Waals surface area contributed by atoms with E-state index in [9.17, 15) is 9.59 Å². The van der Waals surface area contributed by atoms with E-state index in [1.807, 2.05) is 74.8 Å². The first kappa shape index (κ1) is 34.6. The summed E-state index contributed by atoms with van der Waals surface area (Å²) in [7, 11) is 1.99. The van der Waals surface area contributed by atoms with Crippen molar-refractivity contribution >= 4 is 29.4 Å². The smallest absolute Gasteiger partial charge is 0.320 e. The Bertz CT molecular complexity index is 1730. The summed E-state index contributed by atoms with van der Waals surface area (Å²) in [5.41, 5.74) is 3.06. The SMILES string of the molecule is CCN(C)CCNC(=O)c1nc(NC(=O)NC2CCC(Oc3ccc4nnc(N(CC)CC)n4c3)c3ccccc32)cc(C(C)(C)C)n1. The van der Waals surface area contributed by atoms with Gasteiger partial charge in [0.1, 0.15) is 17.7 Å². The highest BCUT2D eigenvalue weighted by Crippen LogP contribution is 2.39. The molecule has 5 rings (SSSR count). The molecule has 4 aromatic rings. The summed E-state index contributed by atoms with van der Waals surface area (Å²) in [5, 5.41) is 17.6. The highest BCUT2D eigenvalue weighted by Gasteiger charge is 2.30. The van der Waals surface area contributed by atoms with Gasteiger partial charge in [-0.3, -0.25) is 14.5 Å². The standard InChI is InChI=1S/C35H48N10O3/c1-8-43(7)20-19-36-32(46)31-38-28(35(4,5)6)21-29(39-31)40-33(47)37-26-16-17-27(25-14-12-11-13-24(25)26)48-23-15-18-30-41-42-34(45(30)22-23)44(9-2)10-3/h11-15,18,21-22,26-27H,8-10,16-17,19-20H2,1-7H3,(H,36,46)(H2,37,38,39,40,47). The van der Waals surface area contributed by atoms with Crippen LogP contribution in [0.4, 0.5) is 16.6 Å². The zero-order valence-corrected chi connectivity index (χ0v) is 29.1. The molecule has 13 heteroatoms. The van der Waals surface area contributed by atoms with Gasteiger partial charge in [-0.1, -0.05) is 52.0 Å². The highest BCUT2D eigenvalue weighted by atomic mass is 16.5. The Morgan fingerprint density at radius 3 is 2.44 bits per heavy atom. The van der Waals surface area contributed by atoms with Crippen LogP contribution in [0.3, 0.4) is 0 Å². The van der Waals surface area contributed by atoms with Crippen molar-refractivity contribution in [2.45, 2.75) is 71.9 Å². The van der Waals surface area contributed by atoms with Crippen LogP contribution in [0.5, 0.6) is 5.75 Å². The van der Waals surface area contributed by atoms with E-state index in [4.69, 9.17) is 4.74 Å². The molecular formula is C35H48N10O3. The second-order valence-electron chi connectivity index (χ2n) is 13.1. The number of nitrogens with one attached hydrogen (secondary N) is 3. The molecule has 1 aliphatic carbocycles. The first-order valence-electron chi connectivity index (χ1n) is 16.8. The van der Waals surface area contributed by atoms with Crippen LogP contribution < -0.4 is 25.6 Å². The molecule has 48 heavy (non-hydrogen) atoms. The van der Waals surface area contributed by atoms with Gasteiger partial charge in [0.15, 0.2) is 5.65 Å². The van der Waals surface area contributed by atoms with Crippen molar-refractivity contribution in [3.05, 3.63) is 71.3 Å². The summed E-state index contributed by atoms with van der Waals surface area (Å²) >= 11 is 0. The molecule has 0 bridgehead atoms. The lowest BCUT2D eigenvalue weighted by Crippen LogP contribution is -2.36. The predicted octanol–water partition coefficient (Wildman–Crippen LogP) is 5.12. The molecule has 3 heterocycles. The van der Waals surface area contributed by atoms with Gasteiger partial charge in [0.05, 0.1) is 17.9 Å². The van der Waals surface area contributed by atoms with Crippen LogP contribution in [0.2, 0.25) is 0 Å². The second-order valence-corrected chi connectivity index (χ2v) is 13.1. The summed E-state index contributed by atoms with van der Waals surface area (Å²) in [4.78, 5) is 39.5. The van der Waals surface area contributed by atoms with Crippen LogP contribution in [-0.2, 0) is 5.41 Å². The number of rotatable bonds is 12. The number of fused-ring (bicyclic) bond motifs is 2. The largest absolute Gasteiger partial charge is 0.484 e. The minimum Gasteiger partial charge on any atom is -0.484 e. The number of pyridine rings is 1. The number of hydrogen-bond acceptors (Lipinski definition) is 9. The fourth-order valence-corrected chi connectivity index (χ4v) is 5.74. The third-order valence-electron chi connectivity index (χ3n) is 8.68. The maximum Gasteiger partial charge on any atom is 0.320 e. The van der Waals surface area contributed by atoms with Gasteiger partial charge in [-0.15, -0.1) is 10.2 Å². The molecule has 1 aliphatic rings. The van der Waals surface area contributed by atoms with Crippen molar-refractivity contribution in [1.82, 2.24) is 40.1 Å². The molecule has 0 radical (unpaired) electrons. The third-order valence-corrected chi connectivity index (χ3v) is 8.68. The topological polar surface area (TPSA) is 142 Å². The summed E-state index contributed by atoms with van der Waals surface area (Å²) in [6.45, 7) is 16.0. The lowest BCUT2D eigenvalue weighted by molar-refractivity contribution is 0.0939. The average Bonchev–Trinajstić information content (AvgIpc) is 3.48. The van der Waals surface area contributed by atoms with Crippen molar-refractivity contribution in [1.29, 1.82) is 0 Å². The van der Waals surface area contributed by atoms with Crippen LogP contribution in [-0.4, -0.2) is 81.2 Å². The number of carbonyl (C=O) groups excluding carboxylic acids is 2. The van der Waals surface area contributed by atoms with Crippen molar-refractivity contribution in [2.75, 3.05) is 50.0 Å². The highest BCUT2D eigenvalue weighted by molar-refractivity contribution is 5.92. The summed E-state index contributed by atoms with van der Waals surface area (Å²) in [5.74, 6) is 1.41. The van der Waals surface area contributed by atoms with Crippen molar-refractivity contribution < 1.29 is 14.3 Å². The van der Waals surface area contributed by atoms with E-state index < -0.39 is 6.03 Å². The minimum atomic E-state index is -0.411. The number of ether oxygens (including phenoxy) is 1. The lowest BCUT2D eigenvalue weighted by atomic mass is 9.85. The molecule has 0 spiro atoms. The lowest BCUT2D eigenvalue weighted by Gasteiger charge is -2.32. The molecule has 2 atom stereocenters. The Labute approximate surface area is 282 Å². The average molecular weight is 657 g/mol. The summed E-state index contributed by atoms with van der Waals surface area (Å²) in [6.07, 6.45) is 3.12. The normalized spacial score (nSPS) is 16.0. The van der Waals surface area contributed by atoms with Gasteiger partial charge in [-0.2, -0.15) is 0 Å². The second kappa shape index (κ2) is 15.0. The first-order valence-corrected chi connectivity index (χ1v) is 16.8. The quantitative estimate of drug-likeness (QED) is 0.189. The fraction of sp³-hybridized carbons (Fsp3) is 0.486. The van der Waals surface area contributed by atoms with Crippen molar-refractivity contribution in [2.24, 2.45) is 0 Å². The molecule has 13 nitrogen and oxygen atoms in total. The van der Waals surface area contributed by atoms with Gasteiger partial charge in [0.25, 0.3) is 5.91 Å². The zero-order chi connectivity index (χ0) is 34.4. The van der Waals surface area contributed by atoms with Gasteiger partial charge in [-0.25, -0.2) is 14.8 Å². The summed E-state index contributed by atoms with van der Waals surface area (Å²) in [6, 6.07) is 12.9. The Kier molecular flexibility index (Phi) is 10.8. The molecule has 0 aliphatic heterocycles. The van der Waals surface area contributed by atoms with Crippen molar-refractivity contribution in [3.63, 3.8) is 0 Å². The maximum atomic E-state index is 13.4. The summed E-state index contributed by atoms with van der Waals surface area (Å²) < 4.78 is 8.52. The molecule has 1 aromatic carbocycles. The number of anilines is 2. The number of amides is 3. The van der Waals surface area contributed by atoms with Crippen LogP contribution in [0.15, 0.2) is 48.7 Å². The van der Waals surface area contributed by atoms with Gasteiger partial charge >= 0.3 is 6.03 Å². The number of likely N-dealkylation sites (N-methyl/N-ethyl adjacent to an activating group) is 1. The molecule has 2 unspecified atom stereocenters. The van der Waals surface area contributed by atoms with Gasteiger partial charge in [-0.05, 0) is 63.5 Å². The third kappa shape index (κ3) is 8.01. The van der Waals surface area contributed by atoms with Crippen LogP contribution in [0.1, 0.15) is 94.0 Å². The van der Waals surface area contributed by atoms with Crippen LogP contribution in [0, 0.1) is 0 Å². The van der Waals surface area contributed by atoms with Crippen LogP contribution in [0.25, 0.3) is 5.65 Å². The molecule has 0 saturated heterocycles. The van der Waals surface area contributed by atoms with E-state index in [-0.39, 0.29) is 35.1 Å². The van der Waals surface area contributed by atoms with Crippen molar-refractivity contribution in [3.8, 4) is 5.75 Å². The molecular weight excluding hydrogens is 608 g/mol. The Balaban J connectivity index is 1.29. The van der Waals surface area contributed by atoms with E-state index in [1.165, 1.54) is 0 Å². The molecule has 3 aromatic heterocycles. The van der Waals surface area contributed by atoms with Gasteiger partial charge in [0.2, 0.25) is 11.8 Å². The van der Waals surface area contributed by atoms with E-state index >= 15 is 0 Å². The van der Waals surface area contributed by atoms with E-state index in [1.54, 1.807) is 6.07 Å². The maximum absolute atomic E-state index is 13.4. The Hall–Kier alpha value is -4.78. The molecule has 3 amide bonds. The molecule has 256 valence electrons. The number of aromatic nitrogens is 5. The van der Waals surface area contributed by atoms with Gasteiger partial charge < -0.3 is 25.2 Å². The van der Waals surface area contributed by atoms with Crippen LogP contribution >= 0.6 is 0 Å². The Morgan fingerprint density at radius 2 is 1.73 bits per heavy atom. The van der Waals surface area contributed by atoms with Gasteiger partial charge in [0, 0.05) is 37.7 Å².